The third kappa shape index (κ3) is 6.58. The number of likely N-dealkylation sites (tertiary alicyclic amines) is 1. The number of hydrogen-bond donors (Lipinski definition) is 2. The van der Waals surface area contributed by atoms with Crippen LogP contribution in [0.5, 0.6) is 0 Å². The summed E-state index contributed by atoms with van der Waals surface area (Å²) in [5.74, 6) is 2.63. The molecule has 1 saturated carbocycles. The molecule has 0 spiro atoms. The molecule has 8 heteroatoms. The molecule has 27 heavy (non-hydrogen) atoms. The first-order valence-corrected chi connectivity index (χ1v) is 10.3. The molecule has 0 aromatic carbocycles. The van der Waals surface area contributed by atoms with Crippen LogP contribution in [0.25, 0.3) is 0 Å². The topological polar surface area (TPSA) is 78.6 Å². The van der Waals surface area contributed by atoms with E-state index in [0.29, 0.717) is 30.8 Å². The highest BCUT2D eigenvalue weighted by Crippen LogP contribution is 2.26. The molecule has 3 rings (SSSR count). The van der Waals surface area contributed by atoms with Crippen molar-refractivity contribution in [1.29, 1.82) is 0 Å². The summed E-state index contributed by atoms with van der Waals surface area (Å²) >= 11 is 0. The van der Waals surface area contributed by atoms with Crippen LogP contribution in [0.3, 0.4) is 0 Å². The maximum atomic E-state index is 5.29. The first-order chi connectivity index (χ1) is 12.7. The Balaban J connectivity index is 0.00000261. The smallest absolute Gasteiger partial charge is 0.228 e. The second kappa shape index (κ2) is 11.2. The zero-order valence-corrected chi connectivity index (χ0v) is 19.2. The van der Waals surface area contributed by atoms with Gasteiger partial charge in [0.15, 0.2) is 11.8 Å². The predicted molar refractivity (Wildman–Crippen MR) is 119 cm³/mol. The Kier molecular flexibility index (Phi) is 9.28. The van der Waals surface area contributed by atoms with Crippen LogP contribution in [-0.2, 0) is 6.42 Å². The Hall–Kier alpha value is -0.900. The van der Waals surface area contributed by atoms with Crippen molar-refractivity contribution < 1.29 is 4.52 Å². The van der Waals surface area contributed by atoms with E-state index in [0.717, 1.165) is 30.9 Å². The van der Waals surface area contributed by atoms with Crippen molar-refractivity contribution in [2.75, 3.05) is 26.2 Å². The van der Waals surface area contributed by atoms with Crippen LogP contribution in [-0.4, -0.2) is 59.3 Å². The lowest BCUT2D eigenvalue weighted by molar-refractivity contribution is 0.242. The molecule has 7 nitrogen and oxygen atoms in total. The number of aliphatic imine (C=N–C) groups is 1. The molecule has 1 aliphatic heterocycles. The number of rotatable bonds is 7. The number of aromatic nitrogens is 2. The minimum atomic E-state index is 0. The standard InChI is InChI=1S/C19H34N6O.HI/c1-4-20-19(21-11-9-17-23-18(14(2)3)24-26-17)22-15-10-12-25(13-15)16-7-5-6-8-16;/h14-16H,4-13H2,1-3H3,(H2,20,21,22);1H. The summed E-state index contributed by atoms with van der Waals surface area (Å²) in [4.78, 5) is 11.8. The predicted octanol–water partition coefficient (Wildman–Crippen LogP) is 2.93. The lowest BCUT2D eigenvalue weighted by Crippen LogP contribution is -2.45. The fourth-order valence-electron chi connectivity index (χ4n) is 3.89. The molecule has 1 unspecified atom stereocenters. The van der Waals surface area contributed by atoms with Gasteiger partial charge in [-0.25, -0.2) is 0 Å². The van der Waals surface area contributed by atoms with E-state index in [1.165, 1.54) is 38.6 Å². The fourth-order valence-corrected chi connectivity index (χ4v) is 3.89. The van der Waals surface area contributed by atoms with Crippen molar-refractivity contribution >= 4 is 29.9 Å². The van der Waals surface area contributed by atoms with Crippen LogP contribution in [0, 0.1) is 0 Å². The number of nitrogens with zero attached hydrogens (tertiary/aromatic N) is 4. The van der Waals surface area contributed by atoms with Gasteiger partial charge in [-0.1, -0.05) is 31.8 Å². The van der Waals surface area contributed by atoms with E-state index in [2.05, 4.69) is 46.4 Å². The fraction of sp³-hybridized carbons (Fsp3) is 0.842. The van der Waals surface area contributed by atoms with Crippen molar-refractivity contribution in [2.24, 2.45) is 4.99 Å². The molecule has 2 fully saturated rings. The maximum Gasteiger partial charge on any atom is 0.228 e. The summed E-state index contributed by atoms with van der Waals surface area (Å²) in [6.45, 7) is 10.1. The monoisotopic (exact) mass is 490 g/mol. The van der Waals surface area contributed by atoms with Crippen LogP contribution < -0.4 is 10.6 Å². The minimum Gasteiger partial charge on any atom is -0.357 e. The number of nitrogens with one attached hydrogen (secondary N) is 2. The van der Waals surface area contributed by atoms with Crippen LogP contribution in [0.2, 0.25) is 0 Å². The Morgan fingerprint density at radius 2 is 2.07 bits per heavy atom. The van der Waals surface area contributed by atoms with E-state index in [9.17, 15) is 0 Å². The summed E-state index contributed by atoms with van der Waals surface area (Å²) in [5, 5.41) is 11.0. The van der Waals surface area contributed by atoms with Gasteiger partial charge in [-0.15, -0.1) is 24.0 Å². The average molecular weight is 490 g/mol. The summed E-state index contributed by atoms with van der Waals surface area (Å²) in [6, 6.07) is 1.30. The maximum absolute atomic E-state index is 5.29. The highest BCUT2D eigenvalue weighted by molar-refractivity contribution is 14.0. The van der Waals surface area contributed by atoms with Gasteiger partial charge in [-0.05, 0) is 26.2 Å². The van der Waals surface area contributed by atoms with Gasteiger partial charge < -0.3 is 15.2 Å². The van der Waals surface area contributed by atoms with E-state index in [-0.39, 0.29) is 24.0 Å². The van der Waals surface area contributed by atoms with Gasteiger partial charge in [0, 0.05) is 44.1 Å². The van der Waals surface area contributed by atoms with Crippen molar-refractivity contribution in [3.8, 4) is 0 Å². The van der Waals surface area contributed by atoms with Crippen LogP contribution in [0.15, 0.2) is 9.52 Å². The Labute approximate surface area is 180 Å². The quantitative estimate of drug-likeness (QED) is 0.348. The molecule has 2 heterocycles. The van der Waals surface area contributed by atoms with Gasteiger partial charge in [0.1, 0.15) is 0 Å². The molecular formula is C19H35IN6O. The first kappa shape index (κ1) is 22.4. The van der Waals surface area contributed by atoms with Gasteiger partial charge in [-0.2, -0.15) is 4.98 Å². The summed E-state index contributed by atoms with van der Waals surface area (Å²) in [5.41, 5.74) is 0. The zero-order valence-electron chi connectivity index (χ0n) is 16.9. The lowest BCUT2D eigenvalue weighted by atomic mass is 10.2. The van der Waals surface area contributed by atoms with Crippen LogP contribution >= 0.6 is 24.0 Å². The molecule has 0 radical (unpaired) electrons. The Morgan fingerprint density at radius 3 is 2.74 bits per heavy atom. The van der Waals surface area contributed by atoms with E-state index in [4.69, 9.17) is 9.52 Å². The third-order valence-corrected chi connectivity index (χ3v) is 5.34. The second-order valence-electron chi connectivity index (χ2n) is 7.77. The largest absolute Gasteiger partial charge is 0.357 e. The van der Waals surface area contributed by atoms with Gasteiger partial charge in [-0.3, -0.25) is 9.89 Å². The molecule has 1 atom stereocenters. The van der Waals surface area contributed by atoms with E-state index in [1.807, 2.05) is 0 Å². The van der Waals surface area contributed by atoms with Gasteiger partial charge in [0.05, 0.1) is 6.54 Å². The SMILES string of the molecule is CCNC(=NCCc1nc(C(C)C)no1)NC1CCN(C2CCCC2)C1.I. The van der Waals surface area contributed by atoms with E-state index in [1.54, 1.807) is 0 Å². The Bertz CT molecular complexity index is 585. The van der Waals surface area contributed by atoms with Gasteiger partial charge >= 0.3 is 0 Å². The van der Waals surface area contributed by atoms with Crippen LogP contribution in [0.1, 0.15) is 70.5 Å². The van der Waals surface area contributed by atoms with Gasteiger partial charge in [0.25, 0.3) is 0 Å². The van der Waals surface area contributed by atoms with Crippen molar-refractivity contribution in [3.63, 3.8) is 0 Å². The van der Waals surface area contributed by atoms with Crippen LogP contribution in [0.4, 0.5) is 0 Å². The molecule has 1 aromatic rings. The van der Waals surface area contributed by atoms with E-state index >= 15 is 0 Å². The van der Waals surface area contributed by atoms with Crippen molar-refractivity contribution in [2.45, 2.75) is 77.3 Å². The van der Waals surface area contributed by atoms with E-state index < -0.39 is 0 Å². The second-order valence-corrected chi connectivity index (χ2v) is 7.77. The number of guanidine groups is 1. The molecule has 1 aromatic heterocycles. The molecule has 154 valence electrons. The Morgan fingerprint density at radius 1 is 1.30 bits per heavy atom. The summed E-state index contributed by atoms with van der Waals surface area (Å²) < 4.78 is 5.29. The third-order valence-electron chi connectivity index (χ3n) is 5.34. The van der Waals surface area contributed by atoms with Crippen molar-refractivity contribution in [3.05, 3.63) is 11.7 Å². The minimum absolute atomic E-state index is 0. The first-order valence-electron chi connectivity index (χ1n) is 10.3. The molecule has 2 N–H and O–H groups in total. The molecule has 0 amide bonds. The van der Waals surface area contributed by atoms with Crippen molar-refractivity contribution in [1.82, 2.24) is 25.7 Å². The summed E-state index contributed by atoms with van der Waals surface area (Å²) in [7, 11) is 0. The molecular weight excluding hydrogens is 455 g/mol. The normalized spacial score (nSPS) is 21.6. The molecule has 1 aliphatic carbocycles. The molecule has 2 aliphatic rings. The zero-order chi connectivity index (χ0) is 18.4. The average Bonchev–Trinajstić information content (AvgIpc) is 3.36. The molecule has 0 bridgehead atoms. The highest BCUT2D eigenvalue weighted by atomic mass is 127. The number of halogens is 1. The number of hydrogen-bond acceptors (Lipinski definition) is 5. The molecule has 1 saturated heterocycles. The lowest BCUT2D eigenvalue weighted by Gasteiger charge is -2.24. The highest BCUT2D eigenvalue weighted by Gasteiger charge is 2.30. The summed E-state index contributed by atoms with van der Waals surface area (Å²) in [6.07, 6.45) is 7.43. The van der Waals surface area contributed by atoms with Gasteiger partial charge in [0.2, 0.25) is 5.89 Å².